The first-order valence-electron chi connectivity index (χ1n) is 7.16. The van der Waals surface area contributed by atoms with E-state index in [1.54, 1.807) is 0 Å². The molecule has 1 unspecified atom stereocenters. The van der Waals surface area contributed by atoms with Gasteiger partial charge in [-0.15, -0.1) is 12.4 Å². The molecule has 2 fully saturated rings. The van der Waals surface area contributed by atoms with Crippen LogP contribution in [0.25, 0.3) is 0 Å². The Morgan fingerprint density at radius 1 is 1.16 bits per heavy atom. The zero-order valence-electron chi connectivity index (χ0n) is 12.0. The van der Waals surface area contributed by atoms with Gasteiger partial charge in [0.2, 0.25) is 0 Å². The molecule has 1 atom stereocenters. The standard InChI is InChI=1S/C16H24N2.ClH/c1-13-7-14(2)9-15(8-13)10-18-6-4-16(12-18)3-5-17-11-16;/h7-9,17H,3-6,10-12H2,1-2H3;1H. The second kappa shape index (κ2) is 5.82. The van der Waals surface area contributed by atoms with E-state index in [1.165, 1.54) is 55.7 Å². The number of nitrogens with one attached hydrogen (secondary N) is 1. The Labute approximate surface area is 123 Å². The number of hydrogen-bond acceptors (Lipinski definition) is 2. The quantitative estimate of drug-likeness (QED) is 0.896. The molecule has 1 aromatic rings. The summed E-state index contributed by atoms with van der Waals surface area (Å²) in [4.78, 5) is 2.64. The second-order valence-corrected chi connectivity index (χ2v) is 6.38. The Morgan fingerprint density at radius 3 is 2.53 bits per heavy atom. The van der Waals surface area contributed by atoms with Crippen LogP contribution in [0.1, 0.15) is 29.5 Å². The molecule has 0 radical (unpaired) electrons. The van der Waals surface area contributed by atoms with Crippen LogP contribution in [0.4, 0.5) is 0 Å². The molecule has 2 heterocycles. The third-order valence-electron chi connectivity index (χ3n) is 4.54. The van der Waals surface area contributed by atoms with E-state index in [0.717, 1.165) is 6.54 Å². The first-order valence-corrected chi connectivity index (χ1v) is 7.16. The van der Waals surface area contributed by atoms with Gasteiger partial charge in [0.25, 0.3) is 0 Å². The van der Waals surface area contributed by atoms with E-state index >= 15 is 0 Å². The summed E-state index contributed by atoms with van der Waals surface area (Å²) in [6.07, 6.45) is 2.75. The summed E-state index contributed by atoms with van der Waals surface area (Å²) in [5.74, 6) is 0. The van der Waals surface area contributed by atoms with E-state index in [2.05, 4.69) is 42.3 Å². The van der Waals surface area contributed by atoms with Crippen LogP contribution in [0.2, 0.25) is 0 Å². The van der Waals surface area contributed by atoms with Gasteiger partial charge in [-0.3, -0.25) is 4.90 Å². The fourth-order valence-corrected chi connectivity index (χ4v) is 3.73. The van der Waals surface area contributed by atoms with Crippen LogP contribution in [-0.4, -0.2) is 31.1 Å². The van der Waals surface area contributed by atoms with Gasteiger partial charge >= 0.3 is 0 Å². The SMILES string of the molecule is Cc1cc(C)cc(CN2CCC3(CCNC3)C2)c1.Cl. The molecule has 0 aliphatic carbocycles. The molecule has 0 amide bonds. The van der Waals surface area contributed by atoms with E-state index in [1.807, 2.05) is 0 Å². The highest BCUT2D eigenvalue weighted by Gasteiger charge is 2.39. The zero-order valence-corrected chi connectivity index (χ0v) is 12.9. The lowest BCUT2D eigenvalue weighted by Crippen LogP contribution is -2.28. The largest absolute Gasteiger partial charge is 0.316 e. The molecular formula is C16H25ClN2. The summed E-state index contributed by atoms with van der Waals surface area (Å²) in [5, 5.41) is 3.53. The van der Waals surface area contributed by atoms with Crippen LogP contribution in [0.15, 0.2) is 18.2 Å². The number of halogens is 1. The van der Waals surface area contributed by atoms with Crippen molar-refractivity contribution in [3.8, 4) is 0 Å². The van der Waals surface area contributed by atoms with Crippen LogP contribution in [0, 0.1) is 19.3 Å². The van der Waals surface area contributed by atoms with Crippen molar-refractivity contribution in [1.82, 2.24) is 10.2 Å². The lowest BCUT2D eigenvalue weighted by atomic mass is 9.86. The van der Waals surface area contributed by atoms with Crippen molar-refractivity contribution in [2.45, 2.75) is 33.2 Å². The number of likely N-dealkylation sites (tertiary alicyclic amines) is 1. The summed E-state index contributed by atoms with van der Waals surface area (Å²) in [6, 6.07) is 6.94. The fourth-order valence-electron chi connectivity index (χ4n) is 3.73. The molecule has 0 aromatic heterocycles. The lowest BCUT2D eigenvalue weighted by molar-refractivity contribution is 0.268. The molecule has 19 heavy (non-hydrogen) atoms. The third-order valence-corrected chi connectivity index (χ3v) is 4.54. The molecule has 2 saturated heterocycles. The molecule has 2 aliphatic rings. The average molecular weight is 281 g/mol. The van der Waals surface area contributed by atoms with E-state index in [0.29, 0.717) is 5.41 Å². The summed E-state index contributed by atoms with van der Waals surface area (Å²) >= 11 is 0. The zero-order chi connectivity index (χ0) is 12.6. The predicted octanol–water partition coefficient (Wildman–Crippen LogP) is 2.91. The van der Waals surface area contributed by atoms with Gasteiger partial charge in [-0.05, 0) is 50.8 Å². The third kappa shape index (κ3) is 3.31. The first-order chi connectivity index (χ1) is 8.65. The summed E-state index contributed by atoms with van der Waals surface area (Å²) < 4.78 is 0. The van der Waals surface area contributed by atoms with Crippen LogP contribution in [0.5, 0.6) is 0 Å². The van der Waals surface area contributed by atoms with E-state index in [4.69, 9.17) is 0 Å². The van der Waals surface area contributed by atoms with Gasteiger partial charge in [0.05, 0.1) is 0 Å². The minimum absolute atomic E-state index is 0. The molecule has 0 saturated carbocycles. The van der Waals surface area contributed by atoms with Crippen molar-refractivity contribution < 1.29 is 0 Å². The van der Waals surface area contributed by atoms with Crippen molar-refractivity contribution in [2.75, 3.05) is 26.2 Å². The topological polar surface area (TPSA) is 15.3 Å². The van der Waals surface area contributed by atoms with Crippen LogP contribution in [-0.2, 0) is 6.54 Å². The van der Waals surface area contributed by atoms with E-state index in [9.17, 15) is 0 Å². The average Bonchev–Trinajstić information content (AvgIpc) is 2.89. The lowest BCUT2D eigenvalue weighted by Gasteiger charge is -2.23. The Morgan fingerprint density at radius 2 is 1.89 bits per heavy atom. The second-order valence-electron chi connectivity index (χ2n) is 6.38. The molecule has 1 N–H and O–H groups in total. The Hall–Kier alpha value is -0.570. The number of nitrogens with zero attached hydrogens (tertiary/aromatic N) is 1. The molecule has 0 bridgehead atoms. The highest BCUT2D eigenvalue weighted by molar-refractivity contribution is 5.85. The minimum atomic E-state index is 0. The number of rotatable bonds is 2. The van der Waals surface area contributed by atoms with Crippen LogP contribution in [0.3, 0.4) is 0 Å². The molecule has 3 heteroatoms. The summed E-state index contributed by atoms with van der Waals surface area (Å²) in [5.41, 5.74) is 4.86. The smallest absolute Gasteiger partial charge is 0.0234 e. The molecule has 1 aromatic carbocycles. The fraction of sp³-hybridized carbons (Fsp3) is 0.625. The number of aryl methyl sites for hydroxylation is 2. The Bertz CT molecular complexity index is 418. The molecule has 106 valence electrons. The van der Waals surface area contributed by atoms with Gasteiger partial charge in [0, 0.05) is 19.6 Å². The summed E-state index contributed by atoms with van der Waals surface area (Å²) in [6.45, 7) is 10.5. The van der Waals surface area contributed by atoms with Crippen LogP contribution < -0.4 is 5.32 Å². The Balaban J connectivity index is 0.00000133. The summed E-state index contributed by atoms with van der Waals surface area (Å²) in [7, 11) is 0. The molecule has 3 rings (SSSR count). The Kier molecular flexibility index (Phi) is 4.54. The van der Waals surface area contributed by atoms with Crippen LogP contribution >= 0.6 is 12.4 Å². The van der Waals surface area contributed by atoms with Crippen molar-refractivity contribution >= 4 is 12.4 Å². The maximum absolute atomic E-state index is 3.53. The van der Waals surface area contributed by atoms with E-state index in [-0.39, 0.29) is 12.4 Å². The van der Waals surface area contributed by atoms with Gasteiger partial charge in [0.1, 0.15) is 0 Å². The van der Waals surface area contributed by atoms with Gasteiger partial charge in [-0.2, -0.15) is 0 Å². The predicted molar refractivity (Wildman–Crippen MR) is 83.0 cm³/mol. The van der Waals surface area contributed by atoms with Gasteiger partial charge in [-0.1, -0.05) is 29.3 Å². The monoisotopic (exact) mass is 280 g/mol. The number of benzene rings is 1. The number of hydrogen-bond donors (Lipinski definition) is 1. The molecular weight excluding hydrogens is 256 g/mol. The maximum Gasteiger partial charge on any atom is 0.0234 e. The first kappa shape index (κ1) is 14.8. The van der Waals surface area contributed by atoms with Gasteiger partial charge < -0.3 is 5.32 Å². The van der Waals surface area contributed by atoms with Crippen molar-refractivity contribution in [3.05, 3.63) is 34.9 Å². The van der Waals surface area contributed by atoms with Crippen molar-refractivity contribution in [2.24, 2.45) is 5.41 Å². The van der Waals surface area contributed by atoms with E-state index < -0.39 is 0 Å². The highest BCUT2D eigenvalue weighted by atomic mass is 35.5. The molecule has 1 spiro atoms. The minimum Gasteiger partial charge on any atom is -0.316 e. The van der Waals surface area contributed by atoms with Crippen molar-refractivity contribution in [3.63, 3.8) is 0 Å². The van der Waals surface area contributed by atoms with Gasteiger partial charge in [-0.25, -0.2) is 0 Å². The molecule has 2 aliphatic heterocycles. The van der Waals surface area contributed by atoms with Gasteiger partial charge in [0.15, 0.2) is 0 Å². The maximum atomic E-state index is 3.53. The normalized spacial score (nSPS) is 26.8. The molecule has 2 nitrogen and oxygen atoms in total. The highest BCUT2D eigenvalue weighted by Crippen LogP contribution is 2.36. The van der Waals surface area contributed by atoms with Crippen molar-refractivity contribution in [1.29, 1.82) is 0 Å².